The van der Waals surface area contributed by atoms with Gasteiger partial charge in [-0.3, -0.25) is 4.79 Å². The molecule has 4 aromatic carbocycles. The Bertz CT molecular complexity index is 1230. The standard InChI is InChI=1S/C30H28N2O3/c33-29(31-28(30(34)35)20-23-10-4-1-5-11-23)26-18-16-25(17-19-26)22-32(27-14-8-3-9-15-27)21-24-12-6-2-7-13-24/h1-19,28H,20-22H2,(H,31,33)(H,34,35)/t28-/m0/s1. The van der Waals surface area contributed by atoms with Crippen LogP contribution < -0.4 is 10.2 Å². The van der Waals surface area contributed by atoms with Crippen LogP contribution in [0.3, 0.4) is 0 Å². The molecule has 35 heavy (non-hydrogen) atoms. The topological polar surface area (TPSA) is 69.6 Å². The summed E-state index contributed by atoms with van der Waals surface area (Å²) in [5.41, 5.74) is 4.67. The average Bonchev–Trinajstić information content (AvgIpc) is 2.90. The fourth-order valence-corrected chi connectivity index (χ4v) is 3.95. The van der Waals surface area contributed by atoms with Crippen LogP contribution in [0.5, 0.6) is 0 Å². The van der Waals surface area contributed by atoms with Gasteiger partial charge < -0.3 is 15.3 Å². The number of para-hydroxylation sites is 1. The van der Waals surface area contributed by atoms with Gasteiger partial charge in [-0.2, -0.15) is 0 Å². The van der Waals surface area contributed by atoms with Crippen LogP contribution in [0.4, 0.5) is 5.69 Å². The Morgan fingerprint density at radius 1 is 0.657 bits per heavy atom. The first kappa shape index (κ1) is 23.8. The van der Waals surface area contributed by atoms with Gasteiger partial charge >= 0.3 is 5.97 Å². The molecule has 1 amide bonds. The molecule has 0 radical (unpaired) electrons. The molecule has 0 spiro atoms. The van der Waals surface area contributed by atoms with E-state index >= 15 is 0 Å². The van der Waals surface area contributed by atoms with Crippen molar-refractivity contribution >= 4 is 17.6 Å². The quantitative estimate of drug-likeness (QED) is 0.333. The van der Waals surface area contributed by atoms with Gasteiger partial charge in [0.2, 0.25) is 0 Å². The fraction of sp³-hybridized carbons (Fsp3) is 0.133. The number of carboxylic acid groups (broad SMARTS) is 1. The number of nitrogens with zero attached hydrogens (tertiary/aromatic N) is 1. The van der Waals surface area contributed by atoms with Crippen LogP contribution >= 0.6 is 0 Å². The van der Waals surface area contributed by atoms with Crippen molar-refractivity contribution in [2.24, 2.45) is 0 Å². The first-order valence-electron chi connectivity index (χ1n) is 11.6. The van der Waals surface area contributed by atoms with Gasteiger partial charge in [0.05, 0.1) is 0 Å². The van der Waals surface area contributed by atoms with Gasteiger partial charge in [-0.15, -0.1) is 0 Å². The van der Waals surface area contributed by atoms with Crippen LogP contribution in [-0.4, -0.2) is 23.0 Å². The molecule has 4 rings (SSSR count). The van der Waals surface area contributed by atoms with Crippen molar-refractivity contribution in [1.29, 1.82) is 0 Å². The molecule has 0 bridgehead atoms. The number of carbonyl (C=O) groups is 2. The van der Waals surface area contributed by atoms with Crippen LogP contribution in [0, 0.1) is 0 Å². The highest BCUT2D eigenvalue weighted by Gasteiger charge is 2.21. The number of anilines is 1. The summed E-state index contributed by atoms with van der Waals surface area (Å²) >= 11 is 0. The van der Waals surface area contributed by atoms with Gasteiger partial charge in [-0.25, -0.2) is 4.79 Å². The van der Waals surface area contributed by atoms with Crippen LogP contribution in [0.15, 0.2) is 115 Å². The number of carbonyl (C=O) groups excluding carboxylic acids is 1. The largest absolute Gasteiger partial charge is 0.480 e. The zero-order valence-corrected chi connectivity index (χ0v) is 19.4. The molecular formula is C30H28N2O3. The summed E-state index contributed by atoms with van der Waals surface area (Å²) in [6, 6.07) is 36.1. The third-order valence-corrected chi connectivity index (χ3v) is 5.81. The number of benzene rings is 4. The van der Waals surface area contributed by atoms with E-state index in [1.54, 1.807) is 12.1 Å². The molecule has 0 fully saturated rings. The molecule has 2 N–H and O–H groups in total. The van der Waals surface area contributed by atoms with Gasteiger partial charge in [0.15, 0.2) is 0 Å². The minimum atomic E-state index is -1.06. The predicted octanol–water partition coefficient (Wildman–Crippen LogP) is 5.32. The van der Waals surface area contributed by atoms with Gasteiger partial charge in [-0.05, 0) is 41.0 Å². The Balaban J connectivity index is 1.44. The molecule has 0 unspecified atom stereocenters. The maximum absolute atomic E-state index is 12.8. The lowest BCUT2D eigenvalue weighted by atomic mass is 10.0. The van der Waals surface area contributed by atoms with Crippen molar-refractivity contribution < 1.29 is 14.7 Å². The summed E-state index contributed by atoms with van der Waals surface area (Å²) in [6.45, 7) is 1.43. The van der Waals surface area contributed by atoms with Gasteiger partial charge in [0, 0.05) is 30.8 Å². The van der Waals surface area contributed by atoms with E-state index in [0.29, 0.717) is 12.1 Å². The van der Waals surface area contributed by atoms with E-state index < -0.39 is 17.9 Å². The van der Waals surface area contributed by atoms with Gasteiger partial charge in [0.1, 0.15) is 6.04 Å². The third-order valence-electron chi connectivity index (χ3n) is 5.81. The number of aliphatic carboxylic acids is 1. The average molecular weight is 465 g/mol. The summed E-state index contributed by atoms with van der Waals surface area (Å²) in [5, 5.41) is 12.2. The Morgan fingerprint density at radius 3 is 1.69 bits per heavy atom. The summed E-state index contributed by atoms with van der Waals surface area (Å²) in [5.74, 6) is -1.46. The monoisotopic (exact) mass is 464 g/mol. The van der Waals surface area contributed by atoms with Gasteiger partial charge in [-0.1, -0.05) is 91.0 Å². The van der Waals surface area contributed by atoms with E-state index in [1.165, 1.54) is 5.56 Å². The van der Waals surface area contributed by atoms with E-state index in [0.717, 1.165) is 23.4 Å². The molecule has 0 aliphatic rings. The highest BCUT2D eigenvalue weighted by Crippen LogP contribution is 2.20. The van der Waals surface area contributed by atoms with Gasteiger partial charge in [0.25, 0.3) is 5.91 Å². The van der Waals surface area contributed by atoms with Crippen LogP contribution in [0.2, 0.25) is 0 Å². The smallest absolute Gasteiger partial charge is 0.326 e. The first-order valence-corrected chi connectivity index (χ1v) is 11.6. The number of amides is 1. The highest BCUT2D eigenvalue weighted by atomic mass is 16.4. The lowest BCUT2D eigenvalue weighted by molar-refractivity contribution is -0.139. The number of rotatable bonds is 10. The molecule has 5 heteroatoms. The number of carboxylic acids is 1. The van der Waals surface area contributed by atoms with Crippen molar-refractivity contribution in [1.82, 2.24) is 5.32 Å². The van der Waals surface area contributed by atoms with E-state index in [-0.39, 0.29) is 6.42 Å². The highest BCUT2D eigenvalue weighted by molar-refractivity contribution is 5.96. The minimum Gasteiger partial charge on any atom is -0.480 e. The third kappa shape index (κ3) is 6.81. The van der Waals surface area contributed by atoms with Crippen LogP contribution in [-0.2, 0) is 24.3 Å². The lowest BCUT2D eigenvalue weighted by Gasteiger charge is -2.25. The zero-order valence-electron chi connectivity index (χ0n) is 19.4. The Hall–Kier alpha value is -4.38. The second-order valence-corrected chi connectivity index (χ2v) is 8.43. The molecule has 4 aromatic rings. The van der Waals surface area contributed by atoms with Crippen molar-refractivity contribution in [3.05, 3.63) is 138 Å². The van der Waals surface area contributed by atoms with Crippen LogP contribution in [0.1, 0.15) is 27.0 Å². The summed E-state index contributed by atoms with van der Waals surface area (Å²) in [7, 11) is 0. The fourth-order valence-electron chi connectivity index (χ4n) is 3.95. The van der Waals surface area contributed by atoms with Crippen LogP contribution in [0.25, 0.3) is 0 Å². The molecule has 0 heterocycles. The van der Waals surface area contributed by atoms with Crippen molar-refractivity contribution in [3.63, 3.8) is 0 Å². The second-order valence-electron chi connectivity index (χ2n) is 8.43. The lowest BCUT2D eigenvalue weighted by Crippen LogP contribution is -2.42. The van der Waals surface area contributed by atoms with E-state index in [1.807, 2.05) is 78.9 Å². The molecule has 0 saturated heterocycles. The minimum absolute atomic E-state index is 0.228. The predicted molar refractivity (Wildman–Crippen MR) is 138 cm³/mol. The molecule has 176 valence electrons. The summed E-state index contributed by atoms with van der Waals surface area (Å²) in [4.78, 5) is 26.8. The number of nitrogens with one attached hydrogen (secondary N) is 1. The van der Waals surface area contributed by atoms with Crippen molar-refractivity contribution in [2.45, 2.75) is 25.6 Å². The molecule has 5 nitrogen and oxygen atoms in total. The zero-order chi connectivity index (χ0) is 24.5. The second kappa shape index (κ2) is 11.7. The molecule has 0 aliphatic carbocycles. The number of hydrogen-bond acceptors (Lipinski definition) is 3. The normalized spacial score (nSPS) is 11.4. The SMILES string of the molecule is O=C(N[C@@H](Cc1ccccc1)C(=O)O)c1ccc(CN(Cc2ccccc2)c2ccccc2)cc1. The summed E-state index contributed by atoms with van der Waals surface area (Å²) in [6.07, 6.45) is 0.228. The molecule has 0 aliphatic heterocycles. The Labute approximate surface area is 205 Å². The van der Waals surface area contributed by atoms with E-state index in [9.17, 15) is 14.7 Å². The van der Waals surface area contributed by atoms with Crippen molar-refractivity contribution in [3.8, 4) is 0 Å². The number of hydrogen-bond donors (Lipinski definition) is 2. The Kier molecular flexibility index (Phi) is 7.92. The maximum Gasteiger partial charge on any atom is 0.326 e. The molecule has 0 aromatic heterocycles. The molecule has 0 saturated carbocycles. The molecular weight excluding hydrogens is 436 g/mol. The maximum atomic E-state index is 12.8. The first-order chi connectivity index (χ1) is 17.1. The van der Waals surface area contributed by atoms with Crippen molar-refractivity contribution in [2.75, 3.05) is 4.90 Å². The van der Waals surface area contributed by atoms with E-state index in [2.05, 4.69) is 34.5 Å². The van der Waals surface area contributed by atoms with E-state index in [4.69, 9.17) is 0 Å². The summed E-state index contributed by atoms with van der Waals surface area (Å²) < 4.78 is 0. The Morgan fingerprint density at radius 2 is 1.14 bits per heavy atom. The molecule has 1 atom stereocenters.